The lowest BCUT2D eigenvalue weighted by Crippen LogP contribution is -2.39. The molecule has 2 aliphatic rings. The van der Waals surface area contributed by atoms with Crippen LogP contribution in [-0.4, -0.2) is 28.5 Å². The Kier molecular flexibility index (Phi) is 3.01. The van der Waals surface area contributed by atoms with E-state index in [4.69, 9.17) is 4.74 Å². The first kappa shape index (κ1) is 14.0. The quantitative estimate of drug-likeness (QED) is 0.831. The van der Waals surface area contributed by atoms with Gasteiger partial charge in [0, 0.05) is 17.5 Å². The smallest absolute Gasteiger partial charge is 0.354 e. The number of anilines is 1. The topological polar surface area (TPSA) is 84.1 Å². The van der Waals surface area contributed by atoms with E-state index in [1.165, 1.54) is 0 Å². The number of aryl methyl sites for hydroxylation is 1. The van der Waals surface area contributed by atoms with Crippen LogP contribution in [0.5, 0.6) is 0 Å². The predicted molar refractivity (Wildman–Crippen MR) is 83.3 cm³/mol. The van der Waals surface area contributed by atoms with Crippen LogP contribution in [0, 0.1) is 0 Å². The van der Waals surface area contributed by atoms with Gasteiger partial charge in [-0.3, -0.25) is 4.79 Å². The van der Waals surface area contributed by atoms with Crippen molar-refractivity contribution in [1.29, 1.82) is 0 Å². The molecule has 2 aromatic rings. The van der Waals surface area contributed by atoms with E-state index in [1.807, 2.05) is 18.2 Å². The second kappa shape index (κ2) is 4.94. The maximum absolute atomic E-state index is 12.6. The van der Waals surface area contributed by atoms with Crippen molar-refractivity contribution in [3.8, 4) is 0 Å². The lowest BCUT2D eigenvalue weighted by atomic mass is 9.70. The number of nitrogens with one attached hydrogen (secondary N) is 2. The fraction of sp³-hybridized carbons (Fsp3) is 0.353. The summed E-state index contributed by atoms with van der Waals surface area (Å²) in [5.74, 6) is 0.298. The van der Waals surface area contributed by atoms with Crippen LogP contribution in [-0.2, 0) is 27.8 Å². The van der Waals surface area contributed by atoms with Gasteiger partial charge in [-0.15, -0.1) is 0 Å². The maximum atomic E-state index is 12.6. The number of carbonyl (C=O) groups is 2. The molecule has 0 radical (unpaired) electrons. The number of rotatable bonds is 2. The van der Waals surface area contributed by atoms with Gasteiger partial charge >= 0.3 is 5.97 Å². The van der Waals surface area contributed by atoms with Gasteiger partial charge in [0.1, 0.15) is 11.5 Å². The van der Waals surface area contributed by atoms with Crippen molar-refractivity contribution in [3.63, 3.8) is 0 Å². The summed E-state index contributed by atoms with van der Waals surface area (Å²) in [6.45, 7) is 2.12. The number of nitrogens with zero attached hydrogens (tertiary/aromatic N) is 1. The monoisotopic (exact) mass is 311 g/mol. The maximum Gasteiger partial charge on any atom is 0.354 e. The number of pyridine rings is 1. The number of H-pyrrole nitrogens is 1. The van der Waals surface area contributed by atoms with Crippen molar-refractivity contribution < 1.29 is 14.3 Å². The molecule has 6 heteroatoms. The summed E-state index contributed by atoms with van der Waals surface area (Å²) in [5.41, 5.74) is 2.85. The highest BCUT2D eigenvalue weighted by atomic mass is 16.5. The lowest BCUT2D eigenvalue weighted by Gasteiger charge is -2.31. The lowest BCUT2D eigenvalue weighted by molar-refractivity contribution is -0.121. The Labute approximate surface area is 133 Å². The Morgan fingerprint density at radius 3 is 3.17 bits per heavy atom. The molecule has 1 spiro atoms. The molecule has 3 heterocycles. The zero-order valence-electron chi connectivity index (χ0n) is 12.8. The van der Waals surface area contributed by atoms with Crippen LogP contribution >= 0.6 is 0 Å². The van der Waals surface area contributed by atoms with Gasteiger partial charge in [-0.2, -0.15) is 0 Å². The van der Waals surface area contributed by atoms with Gasteiger partial charge in [-0.25, -0.2) is 9.78 Å². The zero-order valence-corrected chi connectivity index (χ0v) is 12.8. The molecule has 2 N–H and O–H groups in total. The minimum atomic E-state index is -0.579. The molecular weight excluding hydrogens is 294 g/mol. The van der Waals surface area contributed by atoms with Crippen molar-refractivity contribution >= 4 is 17.7 Å². The highest BCUT2D eigenvalue weighted by molar-refractivity contribution is 6.05. The van der Waals surface area contributed by atoms with Crippen LogP contribution in [0.25, 0.3) is 0 Å². The van der Waals surface area contributed by atoms with Crippen molar-refractivity contribution in [3.05, 3.63) is 46.9 Å². The van der Waals surface area contributed by atoms with Crippen LogP contribution in [0.1, 0.15) is 40.7 Å². The van der Waals surface area contributed by atoms with Gasteiger partial charge in [0.15, 0.2) is 0 Å². The molecule has 0 fully saturated rings. The summed E-state index contributed by atoms with van der Waals surface area (Å²) in [6, 6.07) is 5.64. The Bertz CT molecular complexity index is 811. The summed E-state index contributed by atoms with van der Waals surface area (Å²) < 4.78 is 5.04. The second-order valence-corrected chi connectivity index (χ2v) is 6.02. The molecule has 6 nitrogen and oxygen atoms in total. The van der Waals surface area contributed by atoms with Crippen molar-refractivity contribution in [1.82, 2.24) is 9.97 Å². The minimum Gasteiger partial charge on any atom is -0.461 e. The first-order valence-corrected chi connectivity index (χ1v) is 7.79. The van der Waals surface area contributed by atoms with E-state index in [1.54, 1.807) is 13.1 Å². The molecule has 4 rings (SSSR count). The third-order valence-electron chi connectivity index (χ3n) is 4.77. The van der Waals surface area contributed by atoms with Crippen LogP contribution < -0.4 is 5.32 Å². The molecule has 0 unspecified atom stereocenters. The first-order valence-electron chi connectivity index (χ1n) is 7.79. The standard InChI is InChI=1S/C17H17N3O3/c1-2-23-15(21)13-8-10-9-17(6-5-12(10)19-13)11-4-3-7-18-14(11)20-16(17)22/h3-4,7-8,19H,2,5-6,9H2,1H3,(H,18,20,22)/t17-/m1/s1. The van der Waals surface area contributed by atoms with E-state index in [9.17, 15) is 9.59 Å². The van der Waals surface area contributed by atoms with E-state index in [2.05, 4.69) is 15.3 Å². The van der Waals surface area contributed by atoms with Gasteiger partial charge in [0.05, 0.1) is 12.0 Å². The van der Waals surface area contributed by atoms with Crippen molar-refractivity contribution in [2.24, 2.45) is 0 Å². The summed E-state index contributed by atoms with van der Waals surface area (Å²) in [7, 11) is 0. The normalized spacial score (nSPS) is 21.7. The highest BCUT2D eigenvalue weighted by Gasteiger charge is 2.49. The Morgan fingerprint density at radius 2 is 2.35 bits per heavy atom. The summed E-state index contributed by atoms with van der Waals surface area (Å²) in [6.07, 6.45) is 3.67. The minimum absolute atomic E-state index is 0.00395. The summed E-state index contributed by atoms with van der Waals surface area (Å²) in [4.78, 5) is 31.9. The number of hydrogen-bond donors (Lipinski definition) is 2. The Hall–Kier alpha value is -2.63. The van der Waals surface area contributed by atoms with E-state index in [0.29, 0.717) is 31.0 Å². The molecule has 1 atom stereocenters. The molecule has 0 saturated heterocycles. The summed E-state index contributed by atoms with van der Waals surface area (Å²) in [5, 5.41) is 2.89. The number of fused-ring (bicyclic) bond motifs is 3. The number of hydrogen-bond acceptors (Lipinski definition) is 4. The first-order chi connectivity index (χ1) is 11.1. The van der Waals surface area contributed by atoms with Gasteiger partial charge in [-0.05, 0) is 43.9 Å². The van der Waals surface area contributed by atoms with Crippen LogP contribution in [0.3, 0.4) is 0 Å². The number of ether oxygens (including phenoxy) is 1. The highest BCUT2D eigenvalue weighted by Crippen LogP contribution is 2.45. The van der Waals surface area contributed by atoms with Gasteiger partial charge in [0.25, 0.3) is 0 Å². The average molecular weight is 311 g/mol. The second-order valence-electron chi connectivity index (χ2n) is 6.02. The third kappa shape index (κ3) is 1.98. The molecule has 1 amide bonds. The van der Waals surface area contributed by atoms with Crippen LogP contribution in [0.15, 0.2) is 24.4 Å². The molecule has 0 bridgehead atoms. The number of carbonyl (C=O) groups excluding carboxylic acids is 2. The Balaban J connectivity index is 1.72. The Morgan fingerprint density at radius 1 is 1.48 bits per heavy atom. The largest absolute Gasteiger partial charge is 0.461 e. The number of amides is 1. The SMILES string of the molecule is CCOC(=O)c1cc2c([nH]1)CC[C@]1(C2)C(=O)Nc2ncccc21. The van der Waals surface area contributed by atoms with E-state index in [0.717, 1.165) is 23.2 Å². The van der Waals surface area contributed by atoms with Crippen LogP contribution in [0.2, 0.25) is 0 Å². The number of aromatic amines is 1. The molecule has 2 aromatic heterocycles. The van der Waals surface area contributed by atoms with Crippen molar-refractivity contribution in [2.45, 2.75) is 31.6 Å². The third-order valence-corrected chi connectivity index (χ3v) is 4.77. The van der Waals surface area contributed by atoms with Crippen molar-refractivity contribution in [2.75, 3.05) is 11.9 Å². The molecule has 23 heavy (non-hydrogen) atoms. The molecule has 1 aliphatic heterocycles. The average Bonchev–Trinajstić information content (AvgIpc) is 3.08. The van der Waals surface area contributed by atoms with Gasteiger partial charge in [0.2, 0.25) is 5.91 Å². The molecule has 0 aromatic carbocycles. The van der Waals surface area contributed by atoms with Gasteiger partial charge < -0.3 is 15.0 Å². The molecule has 0 saturated carbocycles. The fourth-order valence-corrected chi connectivity index (χ4v) is 3.66. The van der Waals surface area contributed by atoms with E-state index in [-0.39, 0.29) is 11.9 Å². The fourth-order valence-electron chi connectivity index (χ4n) is 3.66. The number of esters is 1. The van der Waals surface area contributed by atoms with E-state index < -0.39 is 5.41 Å². The summed E-state index contributed by atoms with van der Waals surface area (Å²) >= 11 is 0. The number of aromatic nitrogens is 2. The molecular formula is C17H17N3O3. The van der Waals surface area contributed by atoms with Crippen LogP contribution in [0.4, 0.5) is 5.82 Å². The molecule has 1 aliphatic carbocycles. The van der Waals surface area contributed by atoms with E-state index >= 15 is 0 Å². The molecule has 118 valence electrons. The zero-order chi connectivity index (χ0) is 16.0. The van der Waals surface area contributed by atoms with Gasteiger partial charge in [-0.1, -0.05) is 6.07 Å². The predicted octanol–water partition coefficient (Wildman–Crippen LogP) is 1.97.